The molecular weight excluding hydrogens is 508 g/mol. The molecule has 6 nitrogen and oxygen atoms in total. The Morgan fingerprint density at radius 3 is 2.48 bits per heavy atom. The minimum Gasteiger partial charge on any atom is -0.381 e. The normalized spacial score (nSPS) is 18.5. The first-order valence-electron chi connectivity index (χ1n) is 11.5. The van der Waals surface area contributed by atoms with Gasteiger partial charge in [-0.05, 0) is 56.4 Å². The Kier molecular flexibility index (Phi) is 11.9. The van der Waals surface area contributed by atoms with Gasteiger partial charge in [0, 0.05) is 71.8 Å². The fraction of sp³-hybridized carbons (Fsp3) is 0.696. The molecule has 2 aliphatic heterocycles. The van der Waals surface area contributed by atoms with Gasteiger partial charge in [0.2, 0.25) is 0 Å². The molecule has 2 saturated heterocycles. The molecule has 0 atom stereocenters. The largest absolute Gasteiger partial charge is 0.381 e. The Morgan fingerprint density at radius 2 is 1.84 bits per heavy atom. The van der Waals surface area contributed by atoms with Gasteiger partial charge in [-0.2, -0.15) is 0 Å². The molecule has 2 heterocycles. The molecule has 2 aliphatic rings. The summed E-state index contributed by atoms with van der Waals surface area (Å²) in [6, 6.07) is 6.82. The summed E-state index contributed by atoms with van der Waals surface area (Å²) in [6.07, 6.45) is 3.58. The van der Waals surface area contributed by atoms with Gasteiger partial charge in [-0.1, -0.05) is 0 Å². The zero-order valence-electron chi connectivity index (χ0n) is 19.1. The molecule has 0 bridgehead atoms. The SMILES string of the molecule is CCNC(=NCCN1CCN(c2ccc(F)cc2)CC1)N(C)CCC1CCOCC1.I. The van der Waals surface area contributed by atoms with E-state index in [1.165, 1.54) is 31.4 Å². The summed E-state index contributed by atoms with van der Waals surface area (Å²) in [5, 5.41) is 3.43. The summed E-state index contributed by atoms with van der Waals surface area (Å²) in [5.41, 5.74) is 1.11. The average molecular weight is 548 g/mol. The fourth-order valence-corrected chi connectivity index (χ4v) is 4.17. The Bertz CT molecular complexity index is 646. The number of hydrogen-bond donors (Lipinski definition) is 1. The maximum Gasteiger partial charge on any atom is 0.193 e. The van der Waals surface area contributed by atoms with Gasteiger partial charge < -0.3 is 19.9 Å². The topological polar surface area (TPSA) is 43.3 Å². The van der Waals surface area contributed by atoms with Crippen LogP contribution < -0.4 is 10.2 Å². The van der Waals surface area contributed by atoms with Crippen LogP contribution in [0, 0.1) is 11.7 Å². The molecule has 0 radical (unpaired) electrons. The van der Waals surface area contributed by atoms with Crippen molar-refractivity contribution >= 4 is 35.6 Å². The molecule has 0 aliphatic carbocycles. The number of ether oxygens (including phenoxy) is 1. The van der Waals surface area contributed by atoms with Gasteiger partial charge in [-0.25, -0.2) is 4.39 Å². The highest BCUT2D eigenvalue weighted by atomic mass is 127. The first kappa shape index (κ1) is 26.1. The van der Waals surface area contributed by atoms with E-state index in [9.17, 15) is 4.39 Å². The Morgan fingerprint density at radius 1 is 1.16 bits per heavy atom. The monoisotopic (exact) mass is 547 g/mol. The van der Waals surface area contributed by atoms with Crippen LogP contribution in [-0.4, -0.2) is 88.4 Å². The van der Waals surface area contributed by atoms with Crippen molar-refractivity contribution in [3.8, 4) is 0 Å². The maximum absolute atomic E-state index is 13.1. The zero-order chi connectivity index (χ0) is 21.2. The molecule has 0 spiro atoms. The minimum atomic E-state index is -0.176. The van der Waals surface area contributed by atoms with Crippen LogP contribution in [0.5, 0.6) is 0 Å². The highest BCUT2D eigenvalue weighted by molar-refractivity contribution is 14.0. The number of aliphatic imine (C=N–C) groups is 1. The van der Waals surface area contributed by atoms with Crippen LogP contribution in [0.4, 0.5) is 10.1 Å². The lowest BCUT2D eigenvalue weighted by molar-refractivity contribution is 0.0625. The van der Waals surface area contributed by atoms with Crippen LogP contribution in [0.3, 0.4) is 0 Å². The van der Waals surface area contributed by atoms with Crippen LogP contribution in [0.1, 0.15) is 26.2 Å². The van der Waals surface area contributed by atoms with E-state index in [1.54, 1.807) is 0 Å². The number of piperazine rings is 1. The van der Waals surface area contributed by atoms with Crippen LogP contribution in [0.15, 0.2) is 29.3 Å². The van der Waals surface area contributed by atoms with Crippen molar-refractivity contribution in [1.82, 2.24) is 15.1 Å². The predicted octanol–water partition coefficient (Wildman–Crippen LogP) is 3.28. The summed E-state index contributed by atoms with van der Waals surface area (Å²) in [4.78, 5) is 11.9. The Balaban J connectivity index is 0.00000341. The summed E-state index contributed by atoms with van der Waals surface area (Å²) < 4.78 is 18.6. The van der Waals surface area contributed by atoms with E-state index < -0.39 is 0 Å². The van der Waals surface area contributed by atoms with Crippen molar-refractivity contribution in [2.75, 3.05) is 77.5 Å². The Hall–Kier alpha value is -1.13. The fourth-order valence-electron chi connectivity index (χ4n) is 4.17. The van der Waals surface area contributed by atoms with Crippen molar-refractivity contribution in [2.24, 2.45) is 10.9 Å². The highest BCUT2D eigenvalue weighted by Crippen LogP contribution is 2.19. The van der Waals surface area contributed by atoms with E-state index in [0.29, 0.717) is 0 Å². The van der Waals surface area contributed by atoms with E-state index in [0.717, 1.165) is 83.1 Å². The Labute approximate surface area is 204 Å². The average Bonchev–Trinajstić information content (AvgIpc) is 2.78. The van der Waals surface area contributed by atoms with Gasteiger partial charge in [-0.3, -0.25) is 9.89 Å². The lowest BCUT2D eigenvalue weighted by Gasteiger charge is -2.36. The number of halogens is 2. The second-order valence-corrected chi connectivity index (χ2v) is 8.31. The van der Waals surface area contributed by atoms with Gasteiger partial charge in [0.25, 0.3) is 0 Å². The number of rotatable bonds is 8. The smallest absolute Gasteiger partial charge is 0.193 e. The van der Waals surface area contributed by atoms with E-state index >= 15 is 0 Å². The number of anilines is 1. The molecule has 2 fully saturated rings. The number of nitrogens with one attached hydrogen (secondary N) is 1. The van der Waals surface area contributed by atoms with Crippen LogP contribution in [0.25, 0.3) is 0 Å². The molecule has 3 rings (SSSR count). The van der Waals surface area contributed by atoms with E-state index in [2.05, 4.69) is 34.0 Å². The van der Waals surface area contributed by atoms with Gasteiger partial charge in [0.15, 0.2) is 5.96 Å². The molecule has 0 amide bonds. The second kappa shape index (κ2) is 14.1. The standard InChI is InChI=1S/C23H38FN5O.HI/c1-3-25-23(27(2)12-8-20-9-18-30-19-10-20)26-11-13-28-14-16-29(17-15-28)22-6-4-21(24)5-7-22;/h4-7,20H,3,8-19H2,1-2H3,(H,25,26);1H. The van der Waals surface area contributed by atoms with Crippen molar-refractivity contribution in [3.05, 3.63) is 30.1 Å². The number of nitrogens with zero attached hydrogens (tertiary/aromatic N) is 4. The second-order valence-electron chi connectivity index (χ2n) is 8.31. The molecule has 1 aromatic carbocycles. The molecule has 0 aromatic heterocycles. The summed E-state index contributed by atoms with van der Waals surface area (Å²) >= 11 is 0. The quantitative estimate of drug-likeness (QED) is 0.308. The molecular formula is C23H39FIN5O. The molecule has 1 N–H and O–H groups in total. The summed E-state index contributed by atoms with van der Waals surface area (Å²) in [5.74, 6) is 1.61. The third-order valence-electron chi connectivity index (χ3n) is 6.15. The van der Waals surface area contributed by atoms with Crippen LogP contribution in [-0.2, 0) is 4.74 Å². The number of hydrogen-bond acceptors (Lipinski definition) is 4. The van der Waals surface area contributed by atoms with E-state index in [-0.39, 0.29) is 29.8 Å². The first-order chi connectivity index (χ1) is 14.7. The van der Waals surface area contributed by atoms with E-state index in [1.807, 2.05) is 12.1 Å². The number of guanidine groups is 1. The van der Waals surface area contributed by atoms with Crippen molar-refractivity contribution in [3.63, 3.8) is 0 Å². The van der Waals surface area contributed by atoms with Crippen LogP contribution in [0.2, 0.25) is 0 Å². The molecule has 1 aromatic rings. The molecule has 176 valence electrons. The lowest BCUT2D eigenvalue weighted by Crippen LogP contribution is -2.47. The predicted molar refractivity (Wildman–Crippen MR) is 137 cm³/mol. The third-order valence-corrected chi connectivity index (χ3v) is 6.15. The van der Waals surface area contributed by atoms with Gasteiger partial charge in [0.05, 0.1) is 6.54 Å². The zero-order valence-corrected chi connectivity index (χ0v) is 21.4. The van der Waals surface area contributed by atoms with Gasteiger partial charge in [0.1, 0.15) is 5.82 Å². The van der Waals surface area contributed by atoms with Crippen LogP contribution >= 0.6 is 24.0 Å². The van der Waals surface area contributed by atoms with Crippen molar-refractivity contribution in [1.29, 1.82) is 0 Å². The number of benzene rings is 1. The summed E-state index contributed by atoms with van der Waals surface area (Å²) in [7, 11) is 2.14. The minimum absolute atomic E-state index is 0. The molecule has 8 heteroatoms. The first-order valence-corrected chi connectivity index (χ1v) is 11.5. The maximum atomic E-state index is 13.1. The highest BCUT2D eigenvalue weighted by Gasteiger charge is 2.18. The summed E-state index contributed by atoms with van der Waals surface area (Å²) in [6.45, 7) is 11.6. The third kappa shape index (κ3) is 8.73. The molecule has 0 saturated carbocycles. The lowest BCUT2D eigenvalue weighted by atomic mass is 9.96. The van der Waals surface area contributed by atoms with Crippen molar-refractivity contribution < 1.29 is 9.13 Å². The van der Waals surface area contributed by atoms with Gasteiger partial charge in [-0.15, -0.1) is 24.0 Å². The molecule has 31 heavy (non-hydrogen) atoms. The van der Waals surface area contributed by atoms with E-state index in [4.69, 9.17) is 9.73 Å². The van der Waals surface area contributed by atoms with Gasteiger partial charge >= 0.3 is 0 Å². The van der Waals surface area contributed by atoms with Crippen molar-refractivity contribution in [2.45, 2.75) is 26.2 Å². The molecule has 0 unspecified atom stereocenters.